The van der Waals surface area contributed by atoms with Gasteiger partial charge in [-0.2, -0.15) is 0 Å². The predicted molar refractivity (Wildman–Crippen MR) is 67.3 cm³/mol. The SMILES string of the molecule is CC(=O)OC1=C(C)[C@@](C)(OO)C(=O)c2ccccc21. The zero-order chi connectivity index (χ0) is 14.2. The molecular formula is C14H14O5. The second kappa shape index (κ2) is 4.60. The van der Waals surface area contributed by atoms with Crippen LogP contribution >= 0.6 is 0 Å². The molecule has 0 heterocycles. The van der Waals surface area contributed by atoms with E-state index in [1.165, 1.54) is 13.8 Å². The van der Waals surface area contributed by atoms with E-state index in [9.17, 15) is 9.59 Å². The highest BCUT2D eigenvalue weighted by molar-refractivity contribution is 6.11. The largest absolute Gasteiger partial charge is 0.426 e. The number of ketones is 1. The predicted octanol–water partition coefficient (Wildman–Crippen LogP) is 2.43. The summed E-state index contributed by atoms with van der Waals surface area (Å²) >= 11 is 0. The van der Waals surface area contributed by atoms with Crippen LogP contribution in [0.5, 0.6) is 0 Å². The molecule has 0 aliphatic heterocycles. The van der Waals surface area contributed by atoms with Crippen LogP contribution in [0.25, 0.3) is 5.76 Å². The number of hydrogen-bond acceptors (Lipinski definition) is 5. The number of Topliss-reactive ketones (excluding diaryl/α,β-unsaturated/α-hetero) is 1. The smallest absolute Gasteiger partial charge is 0.308 e. The normalized spacial score (nSPS) is 22.2. The van der Waals surface area contributed by atoms with Gasteiger partial charge in [-0.25, -0.2) is 4.89 Å². The monoisotopic (exact) mass is 262 g/mol. The van der Waals surface area contributed by atoms with Crippen LogP contribution in [0.15, 0.2) is 29.8 Å². The Morgan fingerprint density at radius 3 is 2.37 bits per heavy atom. The highest BCUT2D eigenvalue weighted by atomic mass is 17.1. The highest BCUT2D eigenvalue weighted by Gasteiger charge is 2.45. The maximum atomic E-state index is 12.4. The Balaban J connectivity index is 2.71. The van der Waals surface area contributed by atoms with Gasteiger partial charge in [0.2, 0.25) is 5.78 Å². The minimum atomic E-state index is -1.54. The van der Waals surface area contributed by atoms with E-state index in [0.717, 1.165) is 0 Å². The molecule has 1 aromatic carbocycles. The lowest BCUT2D eigenvalue weighted by Crippen LogP contribution is -2.42. The zero-order valence-electron chi connectivity index (χ0n) is 10.9. The molecule has 0 radical (unpaired) electrons. The molecule has 0 saturated heterocycles. The van der Waals surface area contributed by atoms with Crippen molar-refractivity contribution in [2.24, 2.45) is 0 Å². The summed E-state index contributed by atoms with van der Waals surface area (Å²) in [5.41, 5.74) is -0.316. The summed E-state index contributed by atoms with van der Waals surface area (Å²) < 4.78 is 5.17. The maximum absolute atomic E-state index is 12.4. The summed E-state index contributed by atoms with van der Waals surface area (Å²) in [6.45, 7) is 4.29. The van der Waals surface area contributed by atoms with Crippen molar-refractivity contribution in [2.45, 2.75) is 26.4 Å². The van der Waals surface area contributed by atoms with Crippen molar-refractivity contribution < 1.29 is 24.5 Å². The van der Waals surface area contributed by atoms with Crippen molar-refractivity contribution in [1.29, 1.82) is 0 Å². The van der Waals surface area contributed by atoms with E-state index in [4.69, 9.17) is 9.99 Å². The molecule has 1 aliphatic rings. The molecule has 100 valence electrons. The van der Waals surface area contributed by atoms with Gasteiger partial charge >= 0.3 is 5.97 Å². The summed E-state index contributed by atoms with van der Waals surface area (Å²) in [6.07, 6.45) is 0. The first-order valence-electron chi connectivity index (χ1n) is 5.78. The second-order valence-electron chi connectivity index (χ2n) is 4.55. The van der Waals surface area contributed by atoms with Gasteiger partial charge in [-0.1, -0.05) is 24.3 Å². The van der Waals surface area contributed by atoms with Crippen LogP contribution in [0.1, 0.15) is 36.7 Å². The van der Waals surface area contributed by atoms with Crippen LogP contribution < -0.4 is 0 Å². The molecule has 0 bridgehead atoms. The number of fused-ring (bicyclic) bond motifs is 1. The average molecular weight is 262 g/mol. The lowest BCUT2D eigenvalue weighted by molar-refractivity contribution is -0.288. The van der Waals surface area contributed by atoms with Crippen LogP contribution in [-0.4, -0.2) is 22.6 Å². The molecule has 1 aromatic rings. The molecule has 0 spiro atoms. The highest BCUT2D eigenvalue weighted by Crippen LogP contribution is 2.39. The Kier molecular flexibility index (Phi) is 3.26. The van der Waals surface area contributed by atoms with Crippen LogP contribution in [0.2, 0.25) is 0 Å². The third-order valence-electron chi connectivity index (χ3n) is 3.33. The molecule has 0 amide bonds. The van der Waals surface area contributed by atoms with Gasteiger partial charge < -0.3 is 4.74 Å². The standard InChI is InChI=1S/C14H14O5/c1-8-12(18-9(2)15)10-6-4-5-7-11(10)13(16)14(8,3)19-17/h4-7,17H,1-3H3/t14-/m1/s1. The number of carbonyl (C=O) groups excluding carboxylic acids is 2. The fraction of sp³-hybridized carbons (Fsp3) is 0.286. The van der Waals surface area contributed by atoms with Crippen molar-refractivity contribution >= 4 is 17.5 Å². The van der Waals surface area contributed by atoms with Crippen LogP contribution in [0, 0.1) is 0 Å². The van der Waals surface area contributed by atoms with E-state index in [0.29, 0.717) is 16.7 Å². The molecule has 5 heteroatoms. The fourth-order valence-electron chi connectivity index (χ4n) is 2.11. The van der Waals surface area contributed by atoms with E-state index in [1.54, 1.807) is 31.2 Å². The van der Waals surface area contributed by atoms with Gasteiger partial charge in [0.25, 0.3) is 0 Å². The molecule has 1 N–H and O–H groups in total. The van der Waals surface area contributed by atoms with Gasteiger partial charge in [-0.05, 0) is 13.8 Å². The molecule has 0 aromatic heterocycles. The molecule has 0 saturated carbocycles. The number of carbonyl (C=O) groups is 2. The zero-order valence-corrected chi connectivity index (χ0v) is 10.9. The minimum absolute atomic E-state index is 0.249. The van der Waals surface area contributed by atoms with Gasteiger partial charge in [0.15, 0.2) is 5.60 Å². The summed E-state index contributed by atoms with van der Waals surface area (Å²) in [6, 6.07) is 6.72. The molecule has 0 fully saturated rings. The fourth-order valence-corrected chi connectivity index (χ4v) is 2.11. The molecule has 5 nitrogen and oxygen atoms in total. The summed E-state index contributed by atoms with van der Waals surface area (Å²) in [5.74, 6) is -0.628. The van der Waals surface area contributed by atoms with Gasteiger partial charge in [-0.15, -0.1) is 0 Å². The summed E-state index contributed by atoms with van der Waals surface area (Å²) in [5, 5.41) is 9.07. The quantitative estimate of drug-likeness (QED) is 0.503. The lowest BCUT2D eigenvalue weighted by Gasteiger charge is -2.32. The van der Waals surface area contributed by atoms with E-state index < -0.39 is 11.6 Å². The number of ether oxygens (including phenoxy) is 1. The Labute approximate surface area is 110 Å². The van der Waals surface area contributed by atoms with Crippen molar-refractivity contribution in [3.63, 3.8) is 0 Å². The third kappa shape index (κ3) is 1.97. The van der Waals surface area contributed by atoms with Gasteiger partial charge in [0, 0.05) is 23.6 Å². The van der Waals surface area contributed by atoms with Crippen molar-refractivity contribution in [1.82, 2.24) is 0 Å². The topological polar surface area (TPSA) is 72.8 Å². The van der Waals surface area contributed by atoms with Crippen molar-refractivity contribution in [3.8, 4) is 0 Å². The first kappa shape index (κ1) is 13.5. The Morgan fingerprint density at radius 1 is 1.26 bits per heavy atom. The Hall–Kier alpha value is -1.98. The minimum Gasteiger partial charge on any atom is -0.426 e. The second-order valence-corrected chi connectivity index (χ2v) is 4.55. The number of benzene rings is 1. The van der Waals surface area contributed by atoms with Crippen molar-refractivity contribution in [2.75, 3.05) is 0 Å². The Bertz CT molecular complexity index is 587. The summed E-state index contributed by atoms with van der Waals surface area (Å²) in [7, 11) is 0. The van der Waals surface area contributed by atoms with Gasteiger partial charge in [0.05, 0.1) is 0 Å². The third-order valence-corrected chi connectivity index (χ3v) is 3.33. The molecule has 1 aliphatic carbocycles. The lowest BCUT2D eigenvalue weighted by atomic mass is 9.79. The van der Waals surface area contributed by atoms with E-state index in [-0.39, 0.29) is 11.5 Å². The van der Waals surface area contributed by atoms with Crippen LogP contribution in [0.3, 0.4) is 0 Å². The first-order chi connectivity index (χ1) is 8.91. The molecule has 2 rings (SSSR count). The van der Waals surface area contributed by atoms with E-state index in [2.05, 4.69) is 4.89 Å². The Morgan fingerprint density at radius 2 is 1.84 bits per heavy atom. The molecule has 1 atom stereocenters. The van der Waals surface area contributed by atoms with E-state index >= 15 is 0 Å². The van der Waals surface area contributed by atoms with Gasteiger partial charge in [0.1, 0.15) is 5.76 Å². The molecule has 0 unspecified atom stereocenters. The van der Waals surface area contributed by atoms with E-state index in [1.807, 2.05) is 0 Å². The summed E-state index contributed by atoms with van der Waals surface area (Å²) in [4.78, 5) is 27.9. The average Bonchev–Trinajstić information content (AvgIpc) is 2.41. The molecule has 19 heavy (non-hydrogen) atoms. The number of rotatable bonds is 2. The number of esters is 1. The van der Waals surface area contributed by atoms with Crippen molar-refractivity contribution in [3.05, 3.63) is 41.0 Å². The van der Waals surface area contributed by atoms with Gasteiger partial charge in [-0.3, -0.25) is 14.8 Å². The van der Waals surface area contributed by atoms with Crippen LogP contribution in [0.4, 0.5) is 0 Å². The number of hydrogen-bond donors (Lipinski definition) is 1. The first-order valence-corrected chi connectivity index (χ1v) is 5.78. The van der Waals surface area contributed by atoms with Crippen LogP contribution in [-0.2, 0) is 14.4 Å². The molecular weight excluding hydrogens is 248 g/mol. The maximum Gasteiger partial charge on any atom is 0.308 e.